The first-order valence-corrected chi connectivity index (χ1v) is 12.9. The van der Waals surface area contributed by atoms with E-state index in [-0.39, 0.29) is 0 Å². The van der Waals surface area contributed by atoms with Gasteiger partial charge in [0, 0.05) is 52.1 Å². The van der Waals surface area contributed by atoms with Gasteiger partial charge in [-0.2, -0.15) is 0 Å². The lowest BCUT2D eigenvalue weighted by Gasteiger charge is -2.28. The maximum absolute atomic E-state index is 12.6. The van der Waals surface area contributed by atoms with Crippen molar-refractivity contribution in [2.24, 2.45) is 7.05 Å². The summed E-state index contributed by atoms with van der Waals surface area (Å²) in [5.41, 5.74) is 4.98. The second-order valence-electron chi connectivity index (χ2n) is 10.3. The van der Waals surface area contributed by atoms with Crippen LogP contribution in [-0.2, 0) is 29.4 Å². The van der Waals surface area contributed by atoms with Gasteiger partial charge in [0.2, 0.25) is 0 Å². The minimum Gasteiger partial charge on any atom is -0.479 e. The summed E-state index contributed by atoms with van der Waals surface area (Å²) in [6.07, 6.45) is 6.98. The molecule has 0 spiro atoms. The van der Waals surface area contributed by atoms with Crippen LogP contribution in [0.3, 0.4) is 0 Å². The fourth-order valence-corrected chi connectivity index (χ4v) is 6.37. The van der Waals surface area contributed by atoms with E-state index in [1.165, 1.54) is 16.9 Å². The number of hydrogen-bond donors (Lipinski definition) is 1. The van der Waals surface area contributed by atoms with Gasteiger partial charge in [-0.25, -0.2) is 14.8 Å². The number of aliphatic carboxylic acids is 1. The van der Waals surface area contributed by atoms with E-state index in [1.807, 2.05) is 45.5 Å². The molecule has 1 atom stereocenters. The van der Waals surface area contributed by atoms with Gasteiger partial charge in [0.25, 0.3) is 0 Å². The average Bonchev–Trinajstić information content (AvgIpc) is 3.39. The number of rotatable bonds is 5. The molecular weight excluding hydrogens is 458 g/mol. The third-order valence-electron chi connectivity index (χ3n) is 6.54. The molecule has 4 aromatic rings. The lowest BCUT2D eigenvalue weighted by atomic mass is 9.87. The summed E-state index contributed by atoms with van der Waals surface area (Å²) in [7, 11) is 1.98. The van der Waals surface area contributed by atoms with Crippen LogP contribution < -0.4 is 0 Å². The number of fused-ring (bicyclic) bond motifs is 3. The summed E-state index contributed by atoms with van der Waals surface area (Å²) in [5.74, 6) is -0.112. The number of carbonyl (C=O) groups is 1. The van der Waals surface area contributed by atoms with Gasteiger partial charge in [-0.15, -0.1) is 11.3 Å². The van der Waals surface area contributed by atoms with Crippen molar-refractivity contribution in [2.45, 2.75) is 65.1 Å². The lowest BCUT2D eigenvalue weighted by Crippen LogP contribution is -2.28. The standard InChI is InChI=1S/C28H31N3O3S/c1-16-21(24(27(32)33)34-28(2,3)4)22(23-19-8-6-7-9-20(19)35-26(23)30-16)17-10-12-18(13-11-17)25-29-14-15-31(25)5/h10-15,24H,6-9H2,1-5H3,(H,32,33)/t24-/m0/s1. The van der Waals surface area contributed by atoms with E-state index in [4.69, 9.17) is 9.72 Å². The highest BCUT2D eigenvalue weighted by molar-refractivity contribution is 7.19. The lowest BCUT2D eigenvalue weighted by molar-refractivity contribution is -0.160. The first-order valence-electron chi connectivity index (χ1n) is 12.1. The van der Waals surface area contributed by atoms with Gasteiger partial charge < -0.3 is 14.4 Å². The number of aryl methyl sites for hydroxylation is 4. The highest BCUT2D eigenvalue weighted by Crippen LogP contribution is 2.46. The number of ether oxygens (including phenoxy) is 1. The first kappa shape index (κ1) is 23.7. The predicted molar refractivity (Wildman–Crippen MR) is 140 cm³/mol. The van der Waals surface area contributed by atoms with Crippen molar-refractivity contribution in [3.05, 3.63) is 58.4 Å². The fraction of sp³-hybridized carbons (Fsp3) is 0.393. The van der Waals surface area contributed by atoms with Crippen molar-refractivity contribution < 1.29 is 14.6 Å². The molecule has 1 aliphatic rings. The molecule has 0 saturated carbocycles. The van der Waals surface area contributed by atoms with Crippen LogP contribution in [0.25, 0.3) is 32.7 Å². The smallest absolute Gasteiger partial charge is 0.337 e. The van der Waals surface area contributed by atoms with Crippen molar-refractivity contribution in [1.29, 1.82) is 0 Å². The van der Waals surface area contributed by atoms with Crippen LogP contribution in [-0.4, -0.2) is 31.2 Å². The van der Waals surface area contributed by atoms with Crippen LogP contribution in [0, 0.1) is 6.92 Å². The Hall–Kier alpha value is -3.03. The molecule has 182 valence electrons. The molecule has 35 heavy (non-hydrogen) atoms. The third kappa shape index (κ3) is 4.39. The van der Waals surface area contributed by atoms with E-state index < -0.39 is 17.7 Å². The van der Waals surface area contributed by atoms with Gasteiger partial charge in [-0.05, 0) is 64.5 Å². The molecule has 3 aromatic heterocycles. The molecule has 3 heterocycles. The Morgan fingerprint density at radius 3 is 2.46 bits per heavy atom. The number of pyridine rings is 1. The van der Waals surface area contributed by atoms with Crippen LogP contribution in [0.15, 0.2) is 36.7 Å². The second kappa shape index (κ2) is 8.88. The summed E-state index contributed by atoms with van der Waals surface area (Å²) in [6, 6.07) is 8.26. The molecule has 0 fully saturated rings. The van der Waals surface area contributed by atoms with Gasteiger partial charge >= 0.3 is 5.97 Å². The molecule has 1 aliphatic carbocycles. The van der Waals surface area contributed by atoms with Gasteiger partial charge in [-0.3, -0.25) is 0 Å². The first-order chi connectivity index (χ1) is 16.6. The van der Waals surface area contributed by atoms with Gasteiger partial charge in [0.05, 0.1) is 5.60 Å². The fourth-order valence-electron chi connectivity index (χ4n) is 5.05. The molecule has 1 aromatic carbocycles. The Bertz CT molecular complexity index is 1410. The Labute approximate surface area is 209 Å². The molecule has 0 amide bonds. The number of nitrogens with zero attached hydrogens (tertiary/aromatic N) is 3. The highest BCUT2D eigenvalue weighted by Gasteiger charge is 2.34. The molecular formula is C28H31N3O3S. The highest BCUT2D eigenvalue weighted by atomic mass is 32.1. The topological polar surface area (TPSA) is 77.2 Å². The largest absolute Gasteiger partial charge is 0.479 e. The number of carboxylic acids is 1. The Morgan fingerprint density at radius 1 is 1.14 bits per heavy atom. The normalized spacial score (nSPS) is 14.8. The minimum absolute atomic E-state index is 0.627. The number of thiophene rings is 1. The van der Waals surface area contributed by atoms with E-state index >= 15 is 0 Å². The van der Waals surface area contributed by atoms with Crippen molar-refractivity contribution >= 4 is 27.5 Å². The van der Waals surface area contributed by atoms with Crippen molar-refractivity contribution in [3.63, 3.8) is 0 Å². The second-order valence-corrected chi connectivity index (χ2v) is 11.3. The summed E-state index contributed by atoms with van der Waals surface area (Å²) >= 11 is 1.76. The van der Waals surface area contributed by atoms with Crippen LogP contribution >= 0.6 is 11.3 Å². The average molecular weight is 490 g/mol. The number of aromatic nitrogens is 3. The predicted octanol–water partition coefficient (Wildman–Crippen LogP) is 6.49. The molecule has 0 bridgehead atoms. The number of benzene rings is 1. The molecule has 0 aliphatic heterocycles. The maximum Gasteiger partial charge on any atom is 0.337 e. The maximum atomic E-state index is 12.6. The van der Waals surface area contributed by atoms with E-state index in [2.05, 4.69) is 29.2 Å². The van der Waals surface area contributed by atoms with Crippen molar-refractivity contribution in [1.82, 2.24) is 14.5 Å². The zero-order chi connectivity index (χ0) is 24.9. The Kier molecular flexibility index (Phi) is 6.01. The minimum atomic E-state index is -1.12. The monoisotopic (exact) mass is 489 g/mol. The Balaban J connectivity index is 1.78. The third-order valence-corrected chi connectivity index (χ3v) is 7.73. The molecule has 6 nitrogen and oxygen atoms in total. The van der Waals surface area contributed by atoms with Gasteiger partial charge in [0.15, 0.2) is 6.10 Å². The summed E-state index contributed by atoms with van der Waals surface area (Å²) < 4.78 is 8.13. The molecule has 1 N–H and O–H groups in total. The van der Waals surface area contributed by atoms with Crippen molar-refractivity contribution in [3.8, 4) is 22.5 Å². The van der Waals surface area contributed by atoms with E-state index in [9.17, 15) is 9.90 Å². The zero-order valence-electron chi connectivity index (χ0n) is 20.9. The summed E-state index contributed by atoms with van der Waals surface area (Å²) in [5, 5.41) is 11.4. The molecule has 7 heteroatoms. The number of hydrogen-bond acceptors (Lipinski definition) is 5. The van der Waals surface area contributed by atoms with Crippen LogP contribution in [0.2, 0.25) is 0 Å². The van der Waals surface area contributed by atoms with Crippen LogP contribution in [0.5, 0.6) is 0 Å². The molecule has 0 saturated heterocycles. The summed E-state index contributed by atoms with van der Waals surface area (Å²) in [6.45, 7) is 7.56. The van der Waals surface area contributed by atoms with E-state index in [0.717, 1.165) is 52.0 Å². The van der Waals surface area contributed by atoms with Gasteiger partial charge in [-0.1, -0.05) is 24.3 Å². The SMILES string of the molecule is Cc1nc2sc3c(c2c(-c2ccc(-c4nccn4C)cc2)c1[C@H](OC(C)(C)C)C(=O)O)CCCC3. The van der Waals surface area contributed by atoms with Crippen LogP contribution in [0.1, 0.15) is 61.4 Å². The number of carboxylic acid groups (broad SMARTS) is 1. The zero-order valence-corrected chi connectivity index (χ0v) is 21.7. The van der Waals surface area contributed by atoms with E-state index in [0.29, 0.717) is 11.3 Å². The van der Waals surface area contributed by atoms with Gasteiger partial charge in [0.1, 0.15) is 10.7 Å². The molecule has 0 radical (unpaired) electrons. The van der Waals surface area contributed by atoms with E-state index in [1.54, 1.807) is 17.5 Å². The Morgan fingerprint density at radius 2 is 1.83 bits per heavy atom. The summed E-state index contributed by atoms with van der Waals surface area (Å²) in [4.78, 5) is 24.3. The quantitative estimate of drug-likeness (QED) is 0.347. The molecule has 0 unspecified atom stereocenters. The van der Waals surface area contributed by atoms with Crippen molar-refractivity contribution in [2.75, 3.05) is 0 Å². The number of imidazole rings is 1. The van der Waals surface area contributed by atoms with Crippen LogP contribution in [0.4, 0.5) is 0 Å². The molecule has 5 rings (SSSR count).